The summed E-state index contributed by atoms with van der Waals surface area (Å²) in [4.78, 5) is 24.2. The van der Waals surface area contributed by atoms with E-state index in [0.717, 1.165) is 0 Å². The molecular formula is C16H17FN4O4. The van der Waals surface area contributed by atoms with E-state index in [0.29, 0.717) is 11.3 Å². The van der Waals surface area contributed by atoms with Crippen LogP contribution in [0.25, 0.3) is 5.69 Å². The predicted octanol–water partition coefficient (Wildman–Crippen LogP) is 0.965. The third-order valence-electron chi connectivity index (χ3n) is 3.76. The first-order valence-corrected chi connectivity index (χ1v) is 7.65. The van der Waals surface area contributed by atoms with Gasteiger partial charge in [0.15, 0.2) is 5.82 Å². The molecule has 8 nitrogen and oxygen atoms in total. The lowest BCUT2D eigenvalue weighted by Crippen LogP contribution is -2.33. The van der Waals surface area contributed by atoms with Gasteiger partial charge in [0, 0.05) is 18.7 Å². The van der Waals surface area contributed by atoms with E-state index in [4.69, 9.17) is 9.84 Å². The molecule has 1 atom stereocenters. The lowest BCUT2D eigenvalue weighted by Gasteiger charge is -2.14. The van der Waals surface area contributed by atoms with Crippen molar-refractivity contribution in [3.05, 3.63) is 42.0 Å². The van der Waals surface area contributed by atoms with Gasteiger partial charge in [0.05, 0.1) is 31.6 Å². The lowest BCUT2D eigenvalue weighted by molar-refractivity contribution is -0.119. The van der Waals surface area contributed by atoms with Gasteiger partial charge in [-0.25, -0.2) is 13.9 Å². The summed E-state index contributed by atoms with van der Waals surface area (Å²) >= 11 is 0. The number of nitrogens with one attached hydrogen (secondary N) is 1. The summed E-state index contributed by atoms with van der Waals surface area (Å²) in [5.74, 6) is -0.783. The van der Waals surface area contributed by atoms with Crippen LogP contribution in [0, 0.1) is 5.82 Å². The van der Waals surface area contributed by atoms with Crippen molar-refractivity contribution in [1.82, 2.24) is 15.1 Å². The Hall–Kier alpha value is -2.94. The zero-order valence-corrected chi connectivity index (χ0v) is 13.5. The van der Waals surface area contributed by atoms with E-state index in [-0.39, 0.29) is 31.3 Å². The van der Waals surface area contributed by atoms with Crippen LogP contribution in [0.15, 0.2) is 30.6 Å². The second kappa shape index (κ2) is 6.89. The number of amides is 2. The number of aliphatic hydroxyl groups is 1. The van der Waals surface area contributed by atoms with Gasteiger partial charge in [-0.3, -0.25) is 9.69 Å². The maximum atomic E-state index is 14.4. The molecule has 0 bridgehead atoms. The standard InChI is InChI=1S/C16H17FN4O4/c1-10(23)18-6-13-8-20(16(24)25-13)12-2-3-15(14(17)4-12)21-7-11(9-22)5-19-21/h2-5,7,13,22H,6,8-9H2,1H3,(H,18,23)/t13-/m0/s1. The molecule has 3 rings (SSSR count). The second-order valence-corrected chi connectivity index (χ2v) is 5.64. The Kier molecular flexibility index (Phi) is 4.66. The lowest BCUT2D eigenvalue weighted by atomic mass is 10.2. The Balaban J connectivity index is 1.76. The molecule has 2 heterocycles. The Morgan fingerprint density at radius 1 is 1.52 bits per heavy atom. The Bertz CT molecular complexity index is 807. The smallest absolute Gasteiger partial charge is 0.414 e. The van der Waals surface area contributed by atoms with Crippen molar-refractivity contribution in [3.8, 4) is 5.69 Å². The zero-order valence-electron chi connectivity index (χ0n) is 13.5. The quantitative estimate of drug-likeness (QED) is 0.839. The van der Waals surface area contributed by atoms with Gasteiger partial charge in [-0.15, -0.1) is 0 Å². The van der Waals surface area contributed by atoms with Gasteiger partial charge in [0.25, 0.3) is 0 Å². The molecule has 132 valence electrons. The fourth-order valence-corrected chi connectivity index (χ4v) is 2.52. The molecule has 0 saturated carbocycles. The summed E-state index contributed by atoms with van der Waals surface area (Å²) in [5, 5.41) is 15.6. The Morgan fingerprint density at radius 3 is 2.96 bits per heavy atom. The number of hydrogen-bond acceptors (Lipinski definition) is 5. The number of anilines is 1. The van der Waals surface area contributed by atoms with Crippen molar-refractivity contribution in [2.24, 2.45) is 0 Å². The van der Waals surface area contributed by atoms with Crippen molar-refractivity contribution >= 4 is 17.7 Å². The van der Waals surface area contributed by atoms with E-state index in [9.17, 15) is 14.0 Å². The van der Waals surface area contributed by atoms with E-state index in [1.54, 1.807) is 6.07 Å². The summed E-state index contributed by atoms with van der Waals surface area (Å²) in [6, 6.07) is 4.30. The minimum Gasteiger partial charge on any atom is -0.442 e. The number of aliphatic hydroxyl groups excluding tert-OH is 1. The maximum absolute atomic E-state index is 14.4. The fourth-order valence-electron chi connectivity index (χ4n) is 2.52. The molecule has 1 aromatic carbocycles. The fraction of sp³-hybridized carbons (Fsp3) is 0.312. The minimum absolute atomic E-state index is 0.186. The minimum atomic E-state index is -0.593. The highest BCUT2D eigenvalue weighted by Gasteiger charge is 2.32. The number of benzene rings is 1. The monoisotopic (exact) mass is 348 g/mol. The summed E-state index contributed by atoms with van der Waals surface area (Å²) in [6.07, 6.45) is 1.88. The average Bonchev–Trinajstić information content (AvgIpc) is 3.19. The second-order valence-electron chi connectivity index (χ2n) is 5.64. The van der Waals surface area contributed by atoms with Crippen molar-refractivity contribution in [3.63, 3.8) is 0 Å². The number of carbonyl (C=O) groups excluding carboxylic acids is 2. The number of hydrogen-bond donors (Lipinski definition) is 2. The number of ether oxygens (including phenoxy) is 1. The third-order valence-corrected chi connectivity index (χ3v) is 3.76. The summed E-state index contributed by atoms with van der Waals surface area (Å²) < 4.78 is 20.9. The molecular weight excluding hydrogens is 331 g/mol. The largest absolute Gasteiger partial charge is 0.442 e. The highest BCUT2D eigenvalue weighted by atomic mass is 19.1. The van der Waals surface area contributed by atoms with Gasteiger partial charge in [0.1, 0.15) is 11.8 Å². The molecule has 1 fully saturated rings. The van der Waals surface area contributed by atoms with Gasteiger partial charge in [-0.05, 0) is 18.2 Å². The van der Waals surface area contributed by atoms with E-state index in [1.165, 1.54) is 41.0 Å². The van der Waals surface area contributed by atoms with Crippen LogP contribution in [0.4, 0.5) is 14.9 Å². The Morgan fingerprint density at radius 2 is 2.32 bits per heavy atom. The van der Waals surface area contributed by atoms with E-state index in [1.807, 2.05) is 0 Å². The number of nitrogens with zero attached hydrogens (tertiary/aromatic N) is 3. The third kappa shape index (κ3) is 3.61. The van der Waals surface area contributed by atoms with Crippen LogP contribution in [0.1, 0.15) is 12.5 Å². The Labute approximate surface area is 142 Å². The molecule has 1 saturated heterocycles. The van der Waals surface area contributed by atoms with E-state index in [2.05, 4.69) is 10.4 Å². The number of rotatable bonds is 5. The zero-order chi connectivity index (χ0) is 18.0. The van der Waals surface area contributed by atoms with Crippen LogP contribution in [0.5, 0.6) is 0 Å². The van der Waals surface area contributed by atoms with Gasteiger partial charge in [-0.2, -0.15) is 5.10 Å². The molecule has 1 aromatic heterocycles. The number of cyclic esters (lactones) is 1. The normalized spacial score (nSPS) is 16.8. The molecule has 2 aromatic rings. The van der Waals surface area contributed by atoms with Crippen molar-refractivity contribution < 1.29 is 23.8 Å². The molecule has 9 heteroatoms. The molecule has 0 radical (unpaired) electrons. The van der Waals surface area contributed by atoms with Crippen LogP contribution in [-0.4, -0.2) is 46.1 Å². The molecule has 0 aliphatic carbocycles. The van der Waals surface area contributed by atoms with E-state index >= 15 is 0 Å². The van der Waals surface area contributed by atoms with Crippen LogP contribution in [0.3, 0.4) is 0 Å². The summed E-state index contributed by atoms with van der Waals surface area (Å²) in [5.41, 5.74) is 1.12. The number of halogens is 1. The predicted molar refractivity (Wildman–Crippen MR) is 85.7 cm³/mol. The van der Waals surface area contributed by atoms with Crippen molar-refractivity contribution in [2.45, 2.75) is 19.6 Å². The highest BCUT2D eigenvalue weighted by Crippen LogP contribution is 2.25. The van der Waals surface area contributed by atoms with E-state index < -0.39 is 18.0 Å². The van der Waals surface area contributed by atoms with Crippen LogP contribution in [0.2, 0.25) is 0 Å². The van der Waals surface area contributed by atoms with Crippen molar-refractivity contribution in [1.29, 1.82) is 0 Å². The first-order valence-electron chi connectivity index (χ1n) is 7.65. The first-order chi connectivity index (χ1) is 12.0. The van der Waals surface area contributed by atoms with Crippen LogP contribution < -0.4 is 10.2 Å². The van der Waals surface area contributed by atoms with Gasteiger partial charge < -0.3 is 15.2 Å². The molecule has 0 unspecified atom stereocenters. The van der Waals surface area contributed by atoms with Crippen LogP contribution >= 0.6 is 0 Å². The number of carbonyl (C=O) groups is 2. The average molecular weight is 348 g/mol. The molecule has 1 aliphatic heterocycles. The molecule has 1 aliphatic rings. The summed E-state index contributed by atoms with van der Waals surface area (Å²) in [6.45, 7) is 1.61. The van der Waals surface area contributed by atoms with Gasteiger partial charge in [-0.1, -0.05) is 0 Å². The number of aromatic nitrogens is 2. The van der Waals surface area contributed by atoms with Crippen LogP contribution in [-0.2, 0) is 16.1 Å². The topological polar surface area (TPSA) is 96.7 Å². The molecule has 0 spiro atoms. The first kappa shape index (κ1) is 16.9. The van der Waals surface area contributed by atoms with Gasteiger partial charge in [0.2, 0.25) is 5.91 Å². The molecule has 2 amide bonds. The maximum Gasteiger partial charge on any atom is 0.414 e. The van der Waals surface area contributed by atoms with Crippen molar-refractivity contribution in [2.75, 3.05) is 18.0 Å². The summed E-state index contributed by atoms with van der Waals surface area (Å²) in [7, 11) is 0. The SMILES string of the molecule is CC(=O)NC[C@H]1CN(c2ccc(-n3cc(CO)cn3)c(F)c2)C(=O)O1. The molecule has 25 heavy (non-hydrogen) atoms. The molecule has 2 N–H and O–H groups in total. The highest BCUT2D eigenvalue weighted by molar-refractivity contribution is 5.90. The van der Waals surface area contributed by atoms with Gasteiger partial charge >= 0.3 is 6.09 Å².